The van der Waals surface area contributed by atoms with Gasteiger partial charge in [-0.15, -0.1) is 0 Å². The van der Waals surface area contributed by atoms with Crippen molar-refractivity contribution < 1.29 is 13.2 Å². The third kappa shape index (κ3) is 5.32. The number of carbonyl (C=O) groups excluding carboxylic acids is 1. The van der Waals surface area contributed by atoms with Gasteiger partial charge in [-0.25, -0.2) is 13.4 Å². The molecule has 0 bridgehead atoms. The van der Waals surface area contributed by atoms with E-state index in [-0.39, 0.29) is 5.91 Å². The molecule has 0 radical (unpaired) electrons. The van der Waals surface area contributed by atoms with Crippen LogP contribution in [-0.2, 0) is 21.4 Å². The SMILES string of the molecule is Cc1ccc(N([C@H](C)C(=O)NCCCn2ccnc2)S(C)(=O)=O)cc1. The van der Waals surface area contributed by atoms with Crippen molar-refractivity contribution in [2.45, 2.75) is 32.9 Å². The molecule has 1 atom stereocenters. The maximum Gasteiger partial charge on any atom is 0.243 e. The molecule has 136 valence electrons. The van der Waals surface area contributed by atoms with E-state index in [0.717, 1.165) is 29.1 Å². The van der Waals surface area contributed by atoms with Crippen molar-refractivity contribution in [2.75, 3.05) is 17.1 Å². The first-order valence-corrected chi connectivity index (χ1v) is 9.93. The van der Waals surface area contributed by atoms with Crippen LogP contribution in [0.15, 0.2) is 43.0 Å². The number of anilines is 1. The highest BCUT2D eigenvalue weighted by Gasteiger charge is 2.28. The monoisotopic (exact) mass is 364 g/mol. The van der Waals surface area contributed by atoms with E-state index in [1.54, 1.807) is 31.6 Å². The Bertz CT molecular complexity index is 786. The summed E-state index contributed by atoms with van der Waals surface area (Å²) in [6.45, 7) is 4.71. The summed E-state index contributed by atoms with van der Waals surface area (Å²) in [6, 6.07) is 6.23. The van der Waals surface area contributed by atoms with Gasteiger partial charge in [0.15, 0.2) is 0 Å². The quantitative estimate of drug-likeness (QED) is 0.720. The number of carbonyl (C=O) groups is 1. The third-order valence-corrected chi connectivity index (χ3v) is 5.07. The average Bonchev–Trinajstić information content (AvgIpc) is 3.05. The van der Waals surface area contributed by atoms with Gasteiger partial charge in [-0.2, -0.15) is 0 Å². The molecule has 1 amide bonds. The minimum atomic E-state index is -3.58. The minimum absolute atomic E-state index is 0.323. The lowest BCUT2D eigenvalue weighted by molar-refractivity contribution is -0.121. The first-order valence-electron chi connectivity index (χ1n) is 8.08. The molecule has 1 aromatic carbocycles. The molecular formula is C17H24N4O3S. The molecule has 7 nitrogen and oxygen atoms in total. The number of amides is 1. The lowest BCUT2D eigenvalue weighted by atomic mass is 10.2. The van der Waals surface area contributed by atoms with E-state index < -0.39 is 16.1 Å². The Balaban J connectivity index is 1.99. The van der Waals surface area contributed by atoms with Crippen LogP contribution < -0.4 is 9.62 Å². The second-order valence-electron chi connectivity index (χ2n) is 6.02. The van der Waals surface area contributed by atoms with E-state index in [1.165, 1.54) is 0 Å². The average molecular weight is 364 g/mol. The highest BCUT2D eigenvalue weighted by Crippen LogP contribution is 2.21. The topological polar surface area (TPSA) is 84.3 Å². The normalized spacial score (nSPS) is 12.6. The summed E-state index contributed by atoms with van der Waals surface area (Å²) in [5.74, 6) is -0.323. The Labute approximate surface area is 148 Å². The first-order chi connectivity index (χ1) is 11.8. The summed E-state index contributed by atoms with van der Waals surface area (Å²) >= 11 is 0. The molecule has 1 N–H and O–H groups in total. The smallest absolute Gasteiger partial charge is 0.243 e. The van der Waals surface area contributed by atoms with Gasteiger partial charge in [-0.05, 0) is 32.4 Å². The van der Waals surface area contributed by atoms with Crippen molar-refractivity contribution in [3.05, 3.63) is 48.5 Å². The number of hydrogen-bond donors (Lipinski definition) is 1. The summed E-state index contributed by atoms with van der Waals surface area (Å²) in [6.07, 6.45) is 7.11. The molecule has 0 saturated heterocycles. The van der Waals surface area contributed by atoms with E-state index in [2.05, 4.69) is 10.3 Å². The molecule has 2 aromatic rings. The number of nitrogens with one attached hydrogen (secondary N) is 1. The zero-order chi connectivity index (χ0) is 18.4. The van der Waals surface area contributed by atoms with Crippen molar-refractivity contribution >= 4 is 21.6 Å². The molecule has 0 spiro atoms. The van der Waals surface area contributed by atoms with E-state index in [4.69, 9.17) is 0 Å². The van der Waals surface area contributed by atoms with Gasteiger partial charge in [-0.3, -0.25) is 9.10 Å². The Kier molecular flexibility index (Phi) is 6.19. The van der Waals surface area contributed by atoms with Gasteiger partial charge in [0.2, 0.25) is 15.9 Å². The van der Waals surface area contributed by atoms with E-state index in [9.17, 15) is 13.2 Å². The second-order valence-corrected chi connectivity index (χ2v) is 7.87. The van der Waals surface area contributed by atoms with Crippen LogP contribution in [0.3, 0.4) is 0 Å². The predicted molar refractivity (Wildman–Crippen MR) is 97.8 cm³/mol. The summed E-state index contributed by atoms with van der Waals surface area (Å²) < 4.78 is 27.4. The lowest BCUT2D eigenvalue weighted by Gasteiger charge is -2.28. The number of aryl methyl sites for hydroxylation is 2. The van der Waals surface area contributed by atoms with Crippen LogP contribution in [0.25, 0.3) is 0 Å². The number of benzene rings is 1. The number of aromatic nitrogens is 2. The summed E-state index contributed by atoms with van der Waals surface area (Å²) in [4.78, 5) is 16.4. The predicted octanol–water partition coefficient (Wildman–Crippen LogP) is 1.55. The Hall–Kier alpha value is -2.35. The van der Waals surface area contributed by atoms with E-state index in [1.807, 2.05) is 29.8 Å². The van der Waals surface area contributed by atoms with Crippen LogP contribution in [0.5, 0.6) is 0 Å². The Morgan fingerprint density at radius 2 is 2.00 bits per heavy atom. The van der Waals surface area contributed by atoms with Crippen molar-refractivity contribution in [1.82, 2.24) is 14.9 Å². The van der Waals surface area contributed by atoms with Gasteiger partial charge < -0.3 is 9.88 Å². The summed E-state index contributed by atoms with van der Waals surface area (Å²) in [7, 11) is -3.58. The molecule has 2 rings (SSSR count). The molecule has 0 fully saturated rings. The maximum atomic E-state index is 12.4. The number of nitrogens with zero attached hydrogens (tertiary/aromatic N) is 3. The van der Waals surface area contributed by atoms with Gasteiger partial charge in [0.25, 0.3) is 0 Å². The zero-order valence-corrected chi connectivity index (χ0v) is 15.5. The Morgan fingerprint density at radius 1 is 1.32 bits per heavy atom. The van der Waals surface area contributed by atoms with Gasteiger partial charge in [-0.1, -0.05) is 17.7 Å². The van der Waals surface area contributed by atoms with Gasteiger partial charge in [0, 0.05) is 25.5 Å². The fourth-order valence-corrected chi connectivity index (χ4v) is 3.72. The van der Waals surface area contributed by atoms with Gasteiger partial charge >= 0.3 is 0 Å². The number of hydrogen-bond acceptors (Lipinski definition) is 4. The molecule has 1 heterocycles. The molecule has 25 heavy (non-hydrogen) atoms. The standard InChI is InChI=1S/C17H24N4O3S/c1-14-5-7-16(8-6-14)21(25(3,23)24)15(2)17(22)19-9-4-11-20-12-10-18-13-20/h5-8,10,12-13,15H,4,9,11H2,1-3H3,(H,19,22)/t15-/m1/s1. The second kappa shape index (κ2) is 8.15. The first kappa shape index (κ1) is 19.0. The van der Waals surface area contributed by atoms with Crippen LogP contribution in [-0.4, -0.2) is 42.7 Å². The largest absolute Gasteiger partial charge is 0.354 e. The van der Waals surface area contributed by atoms with Crippen LogP contribution in [0.4, 0.5) is 5.69 Å². The maximum absolute atomic E-state index is 12.4. The summed E-state index contributed by atoms with van der Waals surface area (Å²) in [5.41, 5.74) is 1.50. The van der Waals surface area contributed by atoms with E-state index in [0.29, 0.717) is 12.2 Å². The highest BCUT2D eigenvalue weighted by molar-refractivity contribution is 7.92. The lowest BCUT2D eigenvalue weighted by Crippen LogP contribution is -2.48. The van der Waals surface area contributed by atoms with Gasteiger partial charge in [0.05, 0.1) is 18.3 Å². The number of sulfonamides is 1. The summed E-state index contributed by atoms with van der Waals surface area (Å²) in [5, 5.41) is 2.80. The number of rotatable bonds is 8. The van der Waals surface area contributed by atoms with Crippen molar-refractivity contribution in [2.24, 2.45) is 0 Å². The highest BCUT2D eigenvalue weighted by atomic mass is 32.2. The van der Waals surface area contributed by atoms with E-state index >= 15 is 0 Å². The fourth-order valence-electron chi connectivity index (χ4n) is 2.54. The minimum Gasteiger partial charge on any atom is -0.354 e. The molecule has 1 aromatic heterocycles. The molecule has 0 aliphatic carbocycles. The van der Waals surface area contributed by atoms with Crippen molar-refractivity contribution in [3.8, 4) is 0 Å². The fraction of sp³-hybridized carbons (Fsp3) is 0.412. The molecule has 8 heteroatoms. The van der Waals surface area contributed by atoms with Crippen LogP contribution in [0, 0.1) is 6.92 Å². The molecule has 0 aliphatic heterocycles. The zero-order valence-electron chi connectivity index (χ0n) is 14.7. The van der Waals surface area contributed by atoms with Crippen molar-refractivity contribution in [1.29, 1.82) is 0 Å². The van der Waals surface area contributed by atoms with Gasteiger partial charge in [0.1, 0.15) is 6.04 Å². The van der Waals surface area contributed by atoms with Crippen LogP contribution >= 0.6 is 0 Å². The number of imidazole rings is 1. The molecular weight excluding hydrogens is 340 g/mol. The van der Waals surface area contributed by atoms with Crippen LogP contribution in [0.2, 0.25) is 0 Å². The third-order valence-electron chi connectivity index (χ3n) is 3.83. The van der Waals surface area contributed by atoms with Crippen LogP contribution in [0.1, 0.15) is 18.9 Å². The molecule has 0 saturated carbocycles. The van der Waals surface area contributed by atoms with Crippen molar-refractivity contribution in [3.63, 3.8) is 0 Å². The molecule has 0 aliphatic rings. The Morgan fingerprint density at radius 3 is 2.56 bits per heavy atom. The molecule has 0 unspecified atom stereocenters.